The maximum atomic E-state index is 9.31. The summed E-state index contributed by atoms with van der Waals surface area (Å²) in [7, 11) is 0. The van der Waals surface area contributed by atoms with E-state index in [1.54, 1.807) is 0 Å². The molecular formula is C16H22N4. The molecule has 0 spiro atoms. The van der Waals surface area contributed by atoms with Crippen LogP contribution in [0.15, 0.2) is 6.07 Å². The number of nitrogens with zero attached hydrogens (tertiary/aromatic N) is 2. The fourth-order valence-corrected chi connectivity index (χ4v) is 3.20. The van der Waals surface area contributed by atoms with Gasteiger partial charge in [0.05, 0.1) is 5.56 Å². The number of rotatable bonds is 3. The Labute approximate surface area is 120 Å². The first-order valence-corrected chi connectivity index (χ1v) is 7.58. The van der Waals surface area contributed by atoms with Crippen LogP contribution in [0.1, 0.15) is 43.0 Å². The summed E-state index contributed by atoms with van der Waals surface area (Å²) >= 11 is 0. The Kier molecular flexibility index (Phi) is 3.62. The molecule has 2 heterocycles. The minimum Gasteiger partial charge on any atom is -0.368 e. The van der Waals surface area contributed by atoms with Crippen molar-refractivity contribution >= 4 is 5.82 Å². The van der Waals surface area contributed by atoms with Gasteiger partial charge in [0.25, 0.3) is 0 Å². The van der Waals surface area contributed by atoms with Crippen molar-refractivity contribution in [3.8, 4) is 6.07 Å². The van der Waals surface area contributed by atoms with E-state index in [4.69, 9.17) is 4.98 Å². The van der Waals surface area contributed by atoms with Gasteiger partial charge in [-0.3, -0.25) is 0 Å². The summed E-state index contributed by atoms with van der Waals surface area (Å²) in [6.45, 7) is 5.39. The quantitative estimate of drug-likeness (QED) is 0.884. The van der Waals surface area contributed by atoms with Crippen LogP contribution in [0.2, 0.25) is 0 Å². The Bertz CT molecular complexity index is 538. The van der Waals surface area contributed by atoms with Gasteiger partial charge in [0.2, 0.25) is 0 Å². The molecule has 106 valence electrons. The van der Waals surface area contributed by atoms with Gasteiger partial charge in [-0.25, -0.2) is 4.98 Å². The van der Waals surface area contributed by atoms with Gasteiger partial charge in [0, 0.05) is 12.2 Å². The summed E-state index contributed by atoms with van der Waals surface area (Å²) in [5, 5.41) is 16.2. The van der Waals surface area contributed by atoms with Crippen LogP contribution in [-0.2, 0) is 12.8 Å². The van der Waals surface area contributed by atoms with Crippen molar-refractivity contribution in [1.82, 2.24) is 10.3 Å². The number of aryl methyl sites for hydroxylation is 2. The SMILES string of the molecule is CC1(CNc2nc3c(cc2C#N)CCC3)CCNCC1. The summed E-state index contributed by atoms with van der Waals surface area (Å²) in [5.74, 6) is 0.785. The number of aromatic nitrogens is 1. The number of pyridine rings is 1. The molecule has 0 saturated carbocycles. The van der Waals surface area contributed by atoms with Crippen LogP contribution >= 0.6 is 0 Å². The van der Waals surface area contributed by atoms with Crippen molar-refractivity contribution in [1.29, 1.82) is 5.26 Å². The molecule has 1 aliphatic carbocycles. The monoisotopic (exact) mass is 270 g/mol. The fourth-order valence-electron chi connectivity index (χ4n) is 3.20. The Balaban J connectivity index is 1.75. The zero-order valence-electron chi connectivity index (χ0n) is 12.1. The van der Waals surface area contributed by atoms with Crippen molar-refractivity contribution in [2.75, 3.05) is 25.0 Å². The summed E-state index contributed by atoms with van der Waals surface area (Å²) in [4.78, 5) is 4.69. The Morgan fingerprint density at radius 1 is 1.40 bits per heavy atom. The van der Waals surface area contributed by atoms with Gasteiger partial charge in [-0.05, 0) is 62.2 Å². The number of nitriles is 1. The molecule has 1 aromatic rings. The van der Waals surface area contributed by atoms with E-state index in [9.17, 15) is 5.26 Å². The molecule has 0 unspecified atom stereocenters. The highest BCUT2D eigenvalue weighted by Crippen LogP contribution is 2.30. The molecular weight excluding hydrogens is 248 g/mol. The van der Waals surface area contributed by atoms with E-state index in [-0.39, 0.29) is 0 Å². The zero-order valence-corrected chi connectivity index (χ0v) is 12.1. The molecule has 20 heavy (non-hydrogen) atoms. The van der Waals surface area contributed by atoms with Gasteiger partial charge in [-0.2, -0.15) is 5.26 Å². The molecule has 2 N–H and O–H groups in total. The topological polar surface area (TPSA) is 60.7 Å². The van der Waals surface area contributed by atoms with E-state index in [1.807, 2.05) is 6.07 Å². The summed E-state index contributed by atoms with van der Waals surface area (Å²) in [5.41, 5.74) is 3.45. The van der Waals surface area contributed by atoms with E-state index in [0.29, 0.717) is 11.0 Å². The average molecular weight is 270 g/mol. The Hall–Kier alpha value is -1.60. The Morgan fingerprint density at radius 3 is 2.95 bits per heavy atom. The van der Waals surface area contributed by atoms with Crippen molar-refractivity contribution < 1.29 is 0 Å². The summed E-state index contributed by atoms with van der Waals surface area (Å²) < 4.78 is 0. The average Bonchev–Trinajstić information content (AvgIpc) is 2.92. The van der Waals surface area contributed by atoms with Crippen LogP contribution in [0.3, 0.4) is 0 Å². The molecule has 0 atom stereocenters. The number of piperidine rings is 1. The molecule has 0 bridgehead atoms. The van der Waals surface area contributed by atoms with Crippen LogP contribution in [0.4, 0.5) is 5.82 Å². The van der Waals surface area contributed by atoms with Gasteiger partial charge < -0.3 is 10.6 Å². The summed E-state index contributed by atoms with van der Waals surface area (Å²) in [6.07, 6.45) is 5.64. The molecule has 0 radical (unpaired) electrons. The lowest BCUT2D eigenvalue weighted by Gasteiger charge is -2.34. The highest BCUT2D eigenvalue weighted by atomic mass is 15.0. The first-order chi connectivity index (χ1) is 9.70. The standard InChI is InChI=1S/C16H22N4/c1-16(5-7-18-8-6-16)11-19-15-13(10-17)9-12-3-2-4-14(12)20-15/h9,18H,2-8,11H2,1H3,(H,19,20). The minimum absolute atomic E-state index is 0.304. The second-order valence-corrected chi connectivity index (χ2v) is 6.37. The van der Waals surface area contributed by atoms with Crippen LogP contribution in [-0.4, -0.2) is 24.6 Å². The number of nitrogens with one attached hydrogen (secondary N) is 2. The number of fused-ring (bicyclic) bond motifs is 1. The van der Waals surface area contributed by atoms with Gasteiger partial charge in [-0.1, -0.05) is 6.92 Å². The Morgan fingerprint density at radius 2 is 2.20 bits per heavy atom. The maximum Gasteiger partial charge on any atom is 0.144 e. The van der Waals surface area contributed by atoms with Crippen molar-refractivity contribution in [2.24, 2.45) is 5.41 Å². The van der Waals surface area contributed by atoms with E-state index in [1.165, 1.54) is 30.5 Å². The molecule has 1 aromatic heterocycles. The molecule has 1 fully saturated rings. The number of anilines is 1. The lowest BCUT2D eigenvalue weighted by atomic mass is 9.81. The third kappa shape index (κ3) is 2.64. The fraction of sp³-hybridized carbons (Fsp3) is 0.625. The van der Waals surface area contributed by atoms with E-state index in [2.05, 4.69) is 23.6 Å². The number of hydrogen-bond acceptors (Lipinski definition) is 4. The van der Waals surface area contributed by atoms with Crippen molar-refractivity contribution in [3.05, 3.63) is 22.9 Å². The smallest absolute Gasteiger partial charge is 0.144 e. The second kappa shape index (κ2) is 5.41. The predicted octanol–water partition coefficient (Wildman–Crippen LogP) is 2.24. The van der Waals surface area contributed by atoms with E-state index >= 15 is 0 Å². The van der Waals surface area contributed by atoms with Crippen LogP contribution in [0.5, 0.6) is 0 Å². The van der Waals surface area contributed by atoms with Gasteiger partial charge in [0.15, 0.2) is 0 Å². The van der Waals surface area contributed by atoms with E-state index < -0.39 is 0 Å². The van der Waals surface area contributed by atoms with Crippen LogP contribution in [0, 0.1) is 16.7 Å². The van der Waals surface area contributed by atoms with Crippen molar-refractivity contribution in [2.45, 2.75) is 39.0 Å². The normalized spacial score (nSPS) is 20.2. The zero-order chi connectivity index (χ0) is 14.0. The maximum absolute atomic E-state index is 9.31. The van der Waals surface area contributed by atoms with Gasteiger partial charge in [0.1, 0.15) is 11.9 Å². The molecule has 0 amide bonds. The largest absolute Gasteiger partial charge is 0.368 e. The molecule has 1 aliphatic heterocycles. The van der Waals surface area contributed by atoms with E-state index in [0.717, 1.165) is 38.3 Å². The molecule has 4 nitrogen and oxygen atoms in total. The second-order valence-electron chi connectivity index (χ2n) is 6.37. The minimum atomic E-state index is 0.304. The van der Waals surface area contributed by atoms with Gasteiger partial charge >= 0.3 is 0 Å². The highest BCUT2D eigenvalue weighted by Gasteiger charge is 2.27. The first-order valence-electron chi connectivity index (χ1n) is 7.58. The van der Waals surface area contributed by atoms with Crippen molar-refractivity contribution in [3.63, 3.8) is 0 Å². The first kappa shape index (κ1) is 13.4. The predicted molar refractivity (Wildman–Crippen MR) is 79.7 cm³/mol. The third-order valence-corrected chi connectivity index (χ3v) is 4.66. The molecule has 3 rings (SSSR count). The molecule has 0 aromatic carbocycles. The highest BCUT2D eigenvalue weighted by molar-refractivity contribution is 5.55. The van der Waals surface area contributed by atoms with Gasteiger partial charge in [-0.15, -0.1) is 0 Å². The lowest BCUT2D eigenvalue weighted by Crippen LogP contribution is -2.39. The van der Waals surface area contributed by atoms with Crippen LogP contribution in [0.25, 0.3) is 0 Å². The summed E-state index contributed by atoms with van der Waals surface area (Å²) in [6, 6.07) is 4.32. The molecule has 1 saturated heterocycles. The molecule has 2 aliphatic rings. The lowest BCUT2D eigenvalue weighted by molar-refractivity contribution is 0.247. The third-order valence-electron chi connectivity index (χ3n) is 4.66. The number of hydrogen-bond donors (Lipinski definition) is 2. The molecule has 4 heteroatoms. The van der Waals surface area contributed by atoms with Crippen LogP contribution < -0.4 is 10.6 Å².